The zero-order valence-electron chi connectivity index (χ0n) is 10.4. The van der Waals surface area contributed by atoms with E-state index in [0.29, 0.717) is 6.10 Å². The fourth-order valence-electron chi connectivity index (χ4n) is 2.86. The number of rotatable bonds is 5. The van der Waals surface area contributed by atoms with Crippen molar-refractivity contribution in [1.29, 1.82) is 0 Å². The Morgan fingerprint density at radius 3 is 2.94 bits per heavy atom. The highest BCUT2D eigenvalue weighted by Gasteiger charge is 2.21. The van der Waals surface area contributed by atoms with Crippen molar-refractivity contribution in [2.24, 2.45) is 0 Å². The monoisotopic (exact) mass is 243 g/mol. The number of thioether (sulfide) groups is 1. The second-order valence-electron chi connectivity index (χ2n) is 5.10. The number of nitrogens with one attached hydrogen (secondary N) is 1. The van der Waals surface area contributed by atoms with Crippen molar-refractivity contribution in [3.05, 3.63) is 0 Å². The van der Waals surface area contributed by atoms with E-state index in [2.05, 4.69) is 11.6 Å². The van der Waals surface area contributed by atoms with Gasteiger partial charge in [-0.3, -0.25) is 0 Å². The first-order valence-corrected chi connectivity index (χ1v) is 8.05. The van der Waals surface area contributed by atoms with Crippen LogP contribution in [0.4, 0.5) is 0 Å². The molecule has 0 aromatic rings. The Morgan fingerprint density at radius 1 is 1.25 bits per heavy atom. The predicted octanol–water partition coefficient (Wildman–Crippen LogP) is 2.82. The minimum Gasteiger partial charge on any atom is -0.378 e. The van der Waals surface area contributed by atoms with Gasteiger partial charge >= 0.3 is 0 Å². The van der Waals surface area contributed by atoms with Crippen molar-refractivity contribution in [3.63, 3.8) is 0 Å². The summed E-state index contributed by atoms with van der Waals surface area (Å²) in [6.07, 6.45) is 12.1. The fourth-order valence-corrected chi connectivity index (χ4v) is 3.69. The molecule has 1 heterocycles. The molecule has 0 amide bonds. The molecular weight excluding hydrogens is 218 g/mol. The van der Waals surface area contributed by atoms with Crippen LogP contribution < -0.4 is 5.32 Å². The minimum absolute atomic E-state index is 0.549. The van der Waals surface area contributed by atoms with E-state index in [0.717, 1.165) is 24.4 Å². The van der Waals surface area contributed by atoms with Crippen LogP contribution in [-0.2, 0) is 4.74 Å². The van der Waals surface area contributed by atoms with Crippen molar-refractivity contribution >= 4 is 11.8 Å². The van der Waals surface area contributed by atoms with E-state index in [1.807, 2.05) is 11.8 Å². The molecule has 3 unspecified atom stereocenters. The largest absolute Gasteiger partial charge is 0.378 e. The molecule has 0 spiro atoms. The van der Waals surface area contributed by atoms with Crippen molar-refractivity contribution in [2.75, 3.05) is 19.4 Å². The third kappa shape index (κ3) is 3.94. The normalized spacial score (nSPS) is 35.4. The molecule has 0 radical (unpaired) electrons. The molecule has 1 saturated heterocycles. The maximum Gasteiger partial charge on any atom is 0.0588 e. The third-order valence-corrected chi connectivity index (χ3v) is 4.98. The second kappa shape index (κ2) is 6.87. The molecule has 1 saturated carbocycles. The lowest BCUT2D eigenvalue weighted by Crippen LogP contribution is -2.36. The third-order valence-electron chi connectivity index (χ3n) is 3.88. The summed E-state index contributed by atoms with van der Waals surface area (Å²) in [7, 11) is 0. The molecule has 2 nitrogen and oxygen atoms in total. The highest BCUT2D eigenvalue weighted by atomic mass is 32.2. The van der Waals surface area contributed by atoms with E-state index < -0.39 is 0 Å². The van der Waals surface area contributed by atoms with Gasteiger partial charge in [0.05, 0.1) is 6.10 Å². The summed E-state index contributed by atoms with van der Waals surface area (Å²) in [6.45, 7) is 2.14. The number of hydrogen-bond donors (Lipinski definition) is 1. The lowest BCUT2D eigenvalue weighted by atomic mass is 9.95. The maximum absolute atomic E-state index is 5.64. The zero-order valence-corrected chi connectivity index (χ0v) is 11.2. The lowest BCUT2D eigenvalue weighted by Gasteiger charge is -2.29. The standard InChI is InChI=1S/C13H25NOS/c1-16-13-6-2-4-11(10-13)14-8-7-12-5-3-9-15-12/h11-14H,2-10H2,1H3. The molecule has 2 rings (SSSR count). The van der Waals surface area contributed by atoms with Crippen LogP contribution in [0.25, 0.3) is 0 Å². The van der Waals surface area contributed by atoms with Gasteiger partial charge in [0.1, 0.15) is 0 Å². The smallest absolute Gasteiger partial charge is 0.0588 e. The Hall–Kier alpha value is 0.270. The SMILES string of the molecule is CSC1CCCC(NCCC2CCCO2)C1. The maximum atomic E-state index is 5.64. The molecule has 16 heavy (non-hydrogen) atoms. The van der Waals surface area contributed by atoms with Gasteiger partial charge in [-0.1, -0.05) is 6.42 Å². The molecule has 2 aliphatic rings. The molecule has 1 N–H and O–H groups in total. The van der Waals surface area contributed by atoms with Crippen LogP contribution >= 0.6 is 11.8 Å². The highest BCUT2D eigenvalue weighted by molar-refractivity contribution is 7.99. The van der Waals surface area contributed by atoms with Gasteiger partial charge in [0, 0.05) is 17.9 Å². The van der Waals surface area contributed by atoms with Gasteiger partial charge in [-0.25, -0.2) is 0 Å². The highest BCUT2D eigenvalue weighted by Crippen LogP contribution is 2.27. The van der Waals surface area contributed by atoms with Crippen molar-refractivity contribution in [2.45, 2.75) is 62.3 Å². The Balaban J connectivity index is 1.58. The summed E-state index contributed by atoms with van der Waals surface area (Å²) in [6, 6.07) is 0.771. The molecule has 0 bridgehead atoms. The summed E-state index contributed by atoms with van der Waals surface area (Å²) >= 11 is 2.04. The summed E-state index contributed by atoms with van der Waals surface area (Å²) in [5.41, 5.74) is 0. The molecule has 3 atom stereocenters. The Labute approximate surface area is 104 Å². The molecule has 3 heteroatoms. The van der Waals surface area contributed by atoms with Gasteiger partial charge < -0.3 is 10.1 Å². The lowest BCUT2D eigenvalue weighted by molar-refractivity contribution is 0.103. The summed E-state index contributed by atoms with van der Waals surface area (Å²) in [4.78, 5) is 0. The average molecular weight is 243 g/mol. The zero-order chi connectivity index (χ0) is 11.2. The molecule has 1 aliphatic heterocycles. The summed E-state index contributed by atoms with van der Waals surface area (Å²) < 4.78 is 5.64. The van der Waals surface area contributed by atoms with Crippen LogP contribution in [0.5, 0.6) is 0 Å². The van der Waals surface area contributed by atoms with Gasteiger partial charge in [0.15, 0.2) is 0 Å². The first-order valence-electron chi connectivity index (χ1n) is 6.76. The van der Waals surface area contributed by atoms with Gasteiger partial charge in [-0.05, 0) is 51.3 Å². The predicted molar refractivity (Wildman–Crippen MR) is 71.2 cm³/mol. The van der Waals surface area contributed by atoms with E-state index in [9.17, 15) is 0 Å². The minimum atomic E-state index is 0.549. The van der Waals surface area contributed by atoms with Crippen LogP contribution in [0.3, 0.4) is 0 Å². The van der Waals surface area contributed by atoms with Crippen molar-refractivity contribution < 1.29 is 4.74 Å². The van der Waals surface area contributed by atoms with E-state index >= 15 is 0 Å². The summed E-state index contributed by atoms with van der Waals surface area (Å²) in [5, 5.41) is 4.62. The first-order chi connectivity index (χ1) is 7.88. The van der Waals surface area contributed by atoms with Crippen LogP contribution in [0.15, 0.2) is 0 Å². The number of ether oxygens (including phenoxy) is 1. The van der Waals surface area contributed by atoms with E-state index in [4.69, 9.17) is 4.74 Å². The first kappa shape index (κ1) is 12.7. The average Bonchev–Trinajstić information content (AvgIpc) is 2.82. The van der Waals surface area contributed by atoms with Crippen LogP contribution in [0.2, 0.25) is 0 Å². The summed E-state index contributed by atoms with van der Waals surface area (Å²) in [5.74, 6) is 0. The molecule has 1 aliphatic carbocycles. The topological polar surface area (TPSA) is 21.3 Å². The van der Waals surface area contributed by atoms with Crippen LogP contribution in [0, 0.1) is 0 Å². The molecule has 94 valence electrons. The van der Waals surface area contributed by atoms with E-state index in [-0.39, 0.29) is 0 Å². The van der Waals surface area contributed by atoms with Gasteiger partial charge in [0.2, 0.25) is 0 Å². The van der Waals surface area contributed by atoms with Crippen LogP contribution in [0.1, 0.15) is 44.9 Å². The van der Waals surface area contributed by atoms with E-state index in [1.54, 1.807) is 0 Å². The van der Waals surface area contributed by atoms with Crippen LogP contribution in [-0.4, -0.2) is 36.8 Å². The molecule has 2 fully saturated rings. The molecular formula is C13H25NOS. The van der Waals surface area contributed by atoms with Gasteiger partial charge in [0.25, 0.3) is 0 Å². The Morgan fingerprint density at radius 2 is 2.19 bits per heavy atom. The second-order valence-corrected chi connectivity index (χ2v) is 6.24. The fraction of sp³-hybridized carbons (Fsp3) is 1.00. The molecule has 0 aromatic carbocycles. The van der Waals surface area contributed by atoms with Gasteiger partial charge in [-0.15, -0.1) is 0 Å². The van der Waals surface area contributed by atoms with Gasteiger partial charge in [-0.2, -0.15) is 11.8 Å². The van der Waals surface area contributed by atoms with E-state index in [1.165, 1.54) is 44.9 Å². The Kier molecular flexibility index (Phi) is 5.46. The molecule has 0 aromatic heterocycles. The number of hydrogen-bond acceptors (Lipinski definition) is 3. The van der Waals surface area contributed by atoms with Crippen molar-refractivity contribution in [3.8, 4) is 0 Å². The Bertz CT molecular complexity index is 194. The quantitative estimate of drug-likeness (QED) is 0.802. The van der Waals surface area contributed by atoms with Crippen molar-refractivity contribution in [1.82, 2.24) is 5.32 Å².